The van der Waals surface area contributed by atoms with Gasteiger partial charge in [0.15, 0.2) is 5.65 Å². The molecule has 156 valence electrons. The molecule has 1 aliphatic carbocycles. The quantitative estimate of drug-likeness (QED) is 0.361. The van der Waals surface area contributed by atoms with Gasteiger partial charge in [-0.1, -0.05) is 59.7 Å². The van der Waals surface area contributed by atoms with Crippen molar-refractivity contribution in [3.05, 3.63) is 84.3 Å². The molecule has 0 radical (unpaired) electrons. The minimum atomic E-state index is 0.891. The molecule has 0 unspecified atom stereocenters. The number of aromatic nitrogens is 3. The number of nitrogens with one attached hydrogen (secondary N) is 1. The van der Waals surface area contributed by atoms with Crippen molar-refractivity contribution in [1.29, 1.82) is 0 Å². The number of hydrogen-bond acceptors (Lipinski definition) is 3. The lowest BCUT2D eigenvalue weighted by Gasteiger charge is -2.14. The van der Waals surface area contributed by atoms with Crippen molar-refractivity contribution in [2.75, 3.05) is 11.9 Å². The SMILES string of the molecule is Cc1ccc(-n2cc(-c3ccccc3)c3c(NCCC4=CCCCC4)ncnc32)cc1. The van der Waals surface area contributed by atoms with Crippen molar-refractivity contribution in [2.24, 2.45) is 0 Å². The number of benzene rings is 2. The Bertz CT molecular complexity index is 1200. The highest BCUT2D eigenvalue weighted by atomic mass is 15.1. The van der Waals surface area contributed by atoms with Crippen LogP contribution in [-0.2, 0) is 0 Å². The maximum Gasteiger partial charge on any atom is 0.150 e. The van der Waals surface area contributed by atoms with Crippen molar-refractivity contribution in [3.63, 3.8) is 0 Å². The van der Waals surface area contributed by atoms with Crippen molar-refractivity contribution in [1.82, 2.24) is 14.5 Å². The Balaban J connectivity index is 1.56. The van der Waals surface area contributed by atoms with Crippen LogP contribution in [0.2, 0.25) is 0 Å². The molecule has 0 atom stereocenters. The van der Waals surface area contributed by atoms with Gasteiger partial charge in [0.05, 0.1) is 5.39 Å². The second kappa shape index (κ2) is 8.76. The van der Waals surface area contributed by atoms with E-state index in [9.17, 15) is 0 Å². The van der Waals surface area contributed by atoms with Crippen molar-refractivity contribution < 1.29 is 0 Å². The molecule has 0 aliphatic heterocycles. The summed E-state index contributed by atoms with van der Waals surface area (Å²) in [5, 5.41) is 4.69. The molecule has 0 fully saturated rings. The summed E-state index contributed by atoms with van der Waals surface area (Å²) in [6.07, 6.45) is 12.5. The van der Waals surface area contributed by atoms with Gasteiger partial charge in [0.2, 0.25) is 0 Å². The summed E-state index contributed by atoms with van der Waals surface area (Å²) < 4.78 is 2.17. The highest BCUT2D eigenvalue weighted by Gasteiger charge is 2.17. The van der Waals surface area contributed by atoms with Crippen molar-refractivity contribution in [2.45, 2.75) is 39.0 Å². The Labute approximate surface area is 183 Å². The zero-order valence-corrected chi connectivity index (χ0v) is 18.0. The van der Waals surface area contributed by atoms with Crippen LogP contribution in [0.4, 0.5) is 5.82 Å². The monoisotopic (exact) mass is 408 g/mol. The number of anilines is 1. The first-order chi connectivity index (χ1) is 15.3. The van der Waals surface area contributed by atoms with Gasteiger partial charge in [0.1, 0.15) is 12.1 Å². The molecular weight excluding hydrogens is 380 g/mol. The topological polar surface area (TPSA) is 42.7 Å². The molecule has 0 bridgehead atoms. The van der Waals surface area contributed by atoms with E-state index in [0.29, 0.717) is 0 Å². The third kappa shape index (κ3) is 4.11. The Morgan fingerprint density at radius 1 is 0.968 bits per heavy atom. The Morgan fingerprint density at radius 2 is 1.81 bits per heavy atom. The first-order valence-electron chi connectivity index (χ1n) is 11.2. The van der Waals surface area contributed by atoms with E-state index < -0.39 is 0 Å². The fourth-order valence-electron chi connectivity index (χ4n) is 4.41. The first-order valence-corrected chi connectivity index (χ1v) is 11.2. The molecule has 4 nitrogen and oxygen atoms in total. The highest BCUT2D eigenvalue weighted by Crippen LogP contribution is 2.35. The van der Waals surface area contributed by atoms with Crippen LogP contribution in [-0.4, -0.2) is 21.1 Å². The summed E-state index contributed by atoms with van der Waals surface area (Å²) in [6, 6.07) is 19.1. The normalized spacial score (nSPS) is 13.9. The molecule has 5 rings (SSSR count). The molecule has 2 aromatic heterocycles. The van der Waals surface area contributed by atoms with Crippen LogP contribution in [0.3, 0.4) is 0 Å². The van der Waals surface area contributed by atoms with Crippen molar-refractivity contribution >= 4 is 16.9 Å². The van der Waals surface area contributed by atoms with Gasteiger partial charge in [-0.25, -0.2) is 9.97 Å². The predicted molar refractivity (Wildman–Crippen MR) is 129 cm³/mol. The predicted octanol–water partition coefficient (Wildman–Crippen LogP) is 6.70. The number of fused-ring (bicyclic) bond motifs is 1. The van der Waals surface area contributed by atoms with E-state index in [2.05, 4.69) is 93.6 Å². The summed E-state index contributed by atoms with van der Waals surface area (Å²) in [5.74, 6) is 0.908. The van der Waals surface area contributed by atoms with Gasteiger partial charge in [-0.15, -0.1) is 0 Å². The highest BCUT2D eigenvalue weighted by molar-refractivity contribution is 6.02. The number of aryl methyl sites for hydroxylation is 1. The van der Waals surface area contributed by atoms with Crippen molar-refractivity contribution in [3.8, 4) is 16.8 Å². The zero-order valence-electron chi connectivity index (χ0n) is 18.0. The standard InChI is InChI=1S/C27H28N4/c1-20-12-14-23(15-13-20)31-18-24(22-10-6-3-7-11-22)25-26(29-19-30-27(25)31)28-17-16-21-8-4-2-5-9-21/h3,6-8,10-15,18-19H,2,4-5,9,16-17H2,1H3,(H,28,29,30). The van der Waals surface area contributed by atoms with Gasteiger partial charge >= 0.3 is 0 Å². The summed E-state index contributed by atoms with van der Waals surface area (Å²) in [7, 11) is 0. The van der Waals surface area contributed by atoms with Crippen LogP contribution in [0.15, 0.2) is 78.8 Å². The molecule has 2 heterocycles. The second-order valence-electron chi connectivity index (χ2n) is 8.32. The van der Waals surface area contributed by atoms with E-state index in [1.165, 1.54) is 36.8 Å². The summed E-state index contributed by atoms with van der Waals surface area (Å²) in [6.45, 7) is 3.00. The average molecular weight is 409 g/mol. The van der Waals surface area contributed by atoms with E-state index >= 15 is 0 Å². The molecule has 4 aromatic rings. The lowest BCUT2D eigenvalue weighted by Crippen LogP contribution is -2.07. The number of nitrogens with zero attached hydrogens (tertiary/aromatic N) is 3. The van der Waals surface area contributed by atoms with Crippen LogP contribution in [0.5, 0.6) is 0 Å². The fourth-order valence-corrected chi connectivity index (χ4v) is 4.41. The lowest BCUT2D eigenvalue weighted by atomic mass is 9.97. The smallest absolute Gasteiger partial charge is 0.150 e. The molecule has 0 amide bonds. The minimum Gasteiger partial charge on any atom is -0.369 e. The fraction of sp³-hybridized carbons (Fsp3) is 0.259. The Kier molecular flexibility index (Phi) is 5.53. The Morgan fingerprint density at radius 3 is 2.58 bits per heavy atom. The molecule has 0 saturated heterocycles. The summed E-state index contributed by atoms with van der Waals surface area (Å²) in [4.78, 5) is 9.33. The number of rotatable bonds is 6. The van der Waals surface area contributed by atoms with E-state index in [1.54, 1.807) is 11.9 Å². The van der Waals surface area contributed by atoms with E-state index in [0.717, 1.165) is 41.1 Å². The van der Waals surface area contributed by atoms with Gasteiger partial charge in [-0.3, -0.25) is 0 Å². The van der Waals surface area contributed by atoms with Gasteiger partial charge in [-0.2, -0.15) is 0 Å². The number of allylic oxidation sites excluding steroid dienone is 1. The van der Waals surface area contributed by atoms with Crippen LogP contribution in [0.25, 0.3) is 27.8 Å². The molecule has 0 saturated carbocycles. The van der Waals surface area contributed by atoms with Crippen LogP contribution in [0.1, 0.15) is 37.7 Å². The van der Waals surface area contributed by atoms with Gasteiger partial charge in [0.25, 0.3) is 0 Å². The van der Waals surface area contributed by atoms with E-state index in [1.807, 2.05) is 0 Å². The molecule has 1 aliphatic rings. The summed E-state index contributed by atoms with van der Waals surface area (Å²) in [5.41, 5.74) is 7.18. The van der Waals surface area contributed by atoms with Gasteiger partial charge in [0, 0.05) is 24.0 Å². The third-order valence-electron chi connectivity index (χ3n) is 6.10. The van der Waals surface area contributed by atoms with Gasteiger partial charge in [-0.05, 0) is 56.7 Å². The maximum atomic E-state index is 4.69. The molecule has 2 aromatic carbocycles. The average Bonchev–Trinajstić information content (AvgIpc) is 3.21. The van der Waals surface area contributed by atoms with Crippen LogP contribution >= 0.6 is 0 Å². The molecule has 1 N–H and O–H groups in total. The summed E-state index contributed by atoms with van der Waals surface area (Å²) >= 11 is 0. The largest absolute Gasteiger partial charge is 0.369 e. The van der Waals surface area contributed by atoms with E-state index in [4.69, 9.17) is 0 Å². The lowest BCUT2D eigenvalue weighted by molar-refractivity contribution is 0.679. The Hall–Kier alpha value is -3.40. The number of hydrogen-bond donors (Lipinski definition) is 1. The molecule has 0 spiro atoms. The molecular formula is C27H28N4. The first kappa shape index (κ1) is 19.6. The van der Waals surface area contributed by atoms with E-state index in [-0.39, 0.29) is 0 Å². The molecule has 4 heteroatoms. The minimum absolute atomic E-state index is 0.891. The second-order valence-corrected chi connectivity index (χ2v) is 8.32. The maximum absolute atomic E-state index is 4.69. The zero-order chi connectivity index (χ0) is 21.0. The third-order valence-corrected chi connectivity index (χ3v) is 6.10. The molecule has 31 heavy (non-hydrogen) atoms. The van der Waals surface area contributed by atoms with Crippen LogP contribution in [0, 0.1) is 6.92 Å². The van der Waals surface area contributed by atoms with Crippen LogP contribution < -0.4 is 5.32 Å². The van der Waals surface area contributed by atoms with Gasteiger partial charge < -0.3 is 9.88 Å².